The van der Waals surface area contributed by atoms with E-state index in [1.165, 1.54) is 4.31 Å². The number of hydrogen-bond acceptors (Lipinski definition) is 3. The molecule has 2 rings (SSSR count). The van der Waals surface area contributed by atoms with Crippen LogP contribution in [-0.2, 0) is 20.6 Å². The second-order valence-corrected chi connectivity index (χ2v) is 7.92. The second-order valence-electron chi connectivity index (χ2n) is 5.75. The molecule has 1 aliphatic heterocycles. The van der Waals surface area contributed by atoms with Gasteiger partial charge in [0.15, 0.2) is 0 Å². The summed E-state index contributed by atoms with van der Waals surface area (Å²) in [5.41, 5.74) is 2.56. The number of aryl methyl sites for hydroxylation is 1. The van der Waals surface area contributed by atoms with Crippen LogP contribution < -0.4 is 0 Å². The zero-order valence-electron chi connectivity index (χ0n) is 12.9. The van der Waals surface area contributed by atoms with Crippen LogP contribution in [0.15, 0.2) is 17.0 Å². The lowest BCUT2D eigenvalue weighted by molar-refractivity contribution is -0.0440. The largest absolute Gasteiger partial charge is 0.373 e. The summed E-state index contributed by atoms with van der Waals surface area (Å²) >= 11 is 5.88. The van der Waals surface area contributed by atoms with Crippen molar-refractivity contribution >= 4 is 21.6 Å². The van der Waals surface area contributed by atoms with Gasteiger partial charge < -0.3 is 4.74 Å². The van der Waals surface area contributed by atoms with Crippen LogP contribution in [0.1, 0.15) is 30.5 Å². The monoisotopic (exact) mass is 331 g/mol. The number of rotatable bonds is 3. The first-order chi connectivity index (χ1) is 9.75. The molecule has 1 aliphatic rings. The average molecular weight is 332 g/mol. The molecule has 0 radical (unpaired) electrons. The molecular formula is C15H22ClNO3S. The van der Waals surface area contributed by atoms with Gasteiger partial charge in [0.25, 0.3) is 0 Å². The van der Waals surface area contributed by atoms with Crippen molar-refractivity contribution in [3.05, 3.63) is 28.8 Å². The second kappa shape index (κ2) is 6.24. The zero-order valence-corrected chi connectivity index (χ0v) is 14.5. The maximum absolute atomic E-state index is 12.9. The van der Waals surface area contributed by atoms with Crippen LogP contribution in [0, 0.1) is 13.8 Å². The molecule has 0 spiro atoms. The summed E-state index contributed by atoms with van der Waals surface area (Å²) in [6, 6.07) is 3.63. The van der Waals surface area contributed by atoms with Gasteiger partial charge in [-0.2, -0.15) is 4.31 Å². The minimum absolute atomic E-state index is 0.0962. The summed E-state index contributed by atoms with van der Waals surface area (Å²) in [5, 5.41) is 0. The number of nitrogens with zero attached hydrogens (tertiary/aromatic N) is 1. The van der Waals surface area contributed by atoms with Crippen LogP contribution in [0.3, 0.4) is 0 Å². The van der Waals surface area contributed by atoms with E-state index in [4.69, 9.17) is 16.3 Å². The van der Waals surface area contributed by atoms with Crippen LogP contribution in [-0.4, -0.2) is 38.0 Å². The third kappa shape index (κ3) is 3.42. The fourth-order valence-electron chi connectivity index (χ4n) is 2.71. The van der Waals surface area contributed by atoms with E-state index in [0.29, 0.717) is 23.9 Å². The van der Waals surface area contributed by atoms with Gasteiger partial charge in [-0.3, -0.25) is 0 Å². The number of morpholine rings is 1. The van der Waals surface area contributed by atoms with E-state index in [0.717, 1.165) is 16.7 Å². The lowest BCUT2D eigenvalue weighted by atomic mass is 10.1. The lowest BCUT2D eigenvalue weighted by Crippen LogP contribution is -2.48. The topological polar surface area (TPSA) is 46.6 Å². The first-order valence-corrected chi connectivity index (χ1v) is 9.05. The molecule has 1 saturated heterocycles. The van der Waals surface area contributed by atoms with E-state index in [9.17, 15) is 8.42 Å². The van der Waals surface area contributed by atoms with Crippen LogP contribution in [0.25, 0.3) is 0 Å². The Morgan fingerprint density at radius 3 is 2.33 bits per heavy atom. The van der Waals surface area contributed by atoms with Gasteiger partial charge in [-0.15, -0.1) is 11.6 Å². The van der Waals surface area contributed by atoms with E-state index in [1.807, 2.05) is 33.8 Å². The van der Waals surface area contributed by atoms with E-state index >= 15 is 0 Å². The smallest absolute Gasteiger partial charge is 0.243 e. The predicted octanol–water partition coefficient (Wildman–Crippen LogP) is 2.84. The van der Waals surface area contributed by atoms with Gasteiger partial charge >= 0.3 is 0 Å². The molecule has 21 heavy (non-hydrogen) atoms. The van der Waals surface area contributed by atoms with Gasteiger partial charge in [-0.25, -0.2) is 8.42 Å². The molecule has 4 nitrogen and oxygen atoms in total. The van der Waals surface area contributed by atoms with Gasteiger partial charge in [0.2, 0.25) is 10.0 Å². The molecule has 0 aromatic heterocycles. The first kappa shape index (κ1) is 16.7. The zero-order chi connectivity index (χ0) is 15.8. The van der Waals surface area contributed by atoms with E-state index in [2.05, 4.69) is 0 Å². The molecule has 2 unspecified atom stereocenters. The average Bonchev–Trinajstić information content (AvgIpc) is 2.40. The van der Waals surface area contributed by atoms with Crippen molar-refractivity contribution < 1.29 is 13.2 Å². The number of halogens is 1. The van der Waals surface area contributed by atoms with Gasteiger partial charge in [0.05, 0.1) is 17.1 Å². The highest BCUT2D eigenvalue weighted by Gasteiger charge is 2.33. The standard InChI is InChI=1S/C15H22ClNO3S/c1-10-5-14(7-16)6-15(13(10)4)21(18,19)17-8-11(2)20-12(3)9-17/h5-6,11-12H,7-9H2,1-4H3. The molecule has 0 bridgehead atoms. The summed E-state index contributed by atoms with van der Waals surface area (Å²) < 4.78 is 33.0. The Morgan fingerprint density at radius 2 is 1.81 bits per heavy atom. The Hall–Kier alpha value is -0.620. The number of benzene rings is 1. The van der Waals surface area contributed by atoms with Crippen LogP contribution >= 0.6 is 11.6 Å². The van der Waals surface area contributed by atoms with Crippen molar-refractivity contribution in [1.82, 2.24) is 4.31 Å². The molecule has 0 saturated carbocycles. The van der Waals surface area contributed by atoms with Gasteiger partial charge in [-0.05, 0) is 50.5 Å². The molecule has 118 valence electrons. The van der Waals surface area contributed by atoms with Crippen molar-refractivity contribution in [3.63, 3.8) is 0 Å². The molecule has 2 atom stereocenters. The van der Waals surface area contributed by atoms with Crippen molar-refractivity contribution in [2.24, 2.45) is 0 Å². The van der Waals surface area contributed by atoms with Crippen molar-refractivity contribution in [2.75, 3.05) is 13.1 Å². The van der Waals surface area contributed by atoms with E-state index < -0.39 is 10.0 Å². The Morgan fingerprint density at radius 1 is 1.24 bits per heavy atom. The third-order valence-corrected chi connectivity index (χ3v) is 6.10. The molecule has 1 aromatic carbocycles. The van der Waals surface area contributed by atoms with Gasteiger partial charge in [-0.1, -0.05) is 6.07 Å². The number of hydrogen-bond donors (Lipinski definition) is 0. The summed E-state index contributed by atoms with van der Waals surface area (Å²) in [7, 11) is -3.52. The Labute approximate surface area is 132 Å². The molecule has 0 amide bonds. The normalized spacial score (nSPS) is 24.2. The van der Waals surface area contributed by atoms with Crippen molar-refractivity contribution in [2.45, 2.75) is 50.7 Å². The molecule has 1 aromatic rings. The fourth-order valence-corrected chi connectivity index (χ4v) is 4.80. The third-order valence-electron chi connectivity index (χ3n) is 3.84. The quantitative estimate of drug-likeness (QED) is 0.800. The van der Waals surface area contributed by atoms with E-state index in [1.54, 1.807) is 6.07 Å². The number of ether oxygens (including phenoxy) is 1. The molecule has 0 N–H and O–H groups in total. The van der Waals surface area contributed by atoms with Crippen LogP contribution in [0.4, 0.5) is 0 Å². The van der Waals surface area contributed by atoms with Crippen LogP contribution in [0.2, 0.25) is 0 Å². The fraction of sp³-hybridized carbons (Fsp3) is 0.600. The summed E-state index contributed by atoms with van der Waals surface area (Å²) in [4.78, 5) is 0.361. The highest BCUT2D eigenvalue weighted by Crippen LogP contribution is 2.27. The van der Waals surface area contributed by atoms with Gasteiger partial charge in [0.1, 0.15) is 0 Å². The minimum atomic E-state index is -3.52. The van der Waals surface area contributed by atoms with Gasteiger partial charge in [0, 0.05) is 19.0 Å². The lowest BCUT2D eigenvalue weighted by Gasteiger charge is -2.34. The molecule has 6 heteroatoms. The maximum Gasteiger partial charge on any atom is 0.243 e. The predicted molar refractivity (Wildman–Crippen MR) is 84.2 cm³/mol. The Bertz CT molecular complexity index is 620. The van der Waals surface area contributed by atoms with Crippen molar-refractivity contribution in [1.29, 1.82) is 0 Å². The minimum Gasteiger partial charge on any atom is -0.373 e. The molecule has 0 aliphatic carbocycles. The summed E-state index contributed by atoms with van der Waals surface area (Å²) in [6.45, 7) is 8.31. The summed E-state index contributed by atoms with van der Waals surface area (Å²) in [6.07, 6.45) is -0.192. The highest BCUT2D eigenvalue weighted by atomic mass is 35.5. The Balaban J connectivity index is 2.46. The van der Waals surface area contributed by atoms with Crippen molar-refractivity contribution in [3.8, 4) is 0 Å². The number of sulfonamides is 1. The first-order valence-electron chi connectivity index (χ1n) is 7.07. The number of alkyl halides is 1. The maximum atomic E-state index is 12.9. The van der Waals surface area contributed by atoms with E-state index in [-0.39, 0.29) is 12.2 Å². The van der Waals surface area contributed by atoms with Crippen LogP contribution in [0.5, 0.6) is 0 Å². The highest BCUT2D eigenvalue weighted by molar-refractivity contribution is 7.89. The molecular weight excluding hydrogens is 310 g/mol. The molecule has 1 fully saturated rings. The summed E-state index contributed by atoms with van der Waals surface area (Å²) in [5.74, 6) is 0.305. The molecule has 1 heterocycles. The Kier molecular flexibility index (Phi) is 4.98. The SMILES string of the molecule is Cc1cc(CCl)cc(S(=O)(=O)N2CC(C)OC(C)C2)c1C.